The van der Waals surface area contributed by atoms with E-state index in [-0.39, 0.29) is 22.3 Å². The Kier molecular flexibility index (Phi) is 5.76. The van der Waals surface area contributed by atoms with Crippen LogP contribution in [0.5, 0.6) is 5.88 Å². The van der Waals surface area contributed by atoms with Crippen molar-refractivity contribution in [3.63, 3.8) is 0 Å². The van der Waals surface area contributed by atoms with Gasteiger partial charge in [0, 0.05) is 19.1 Å². The fourth-order valence-electron chi connectivity index (χ4n) is 2.57. The van der Waals surface area contributed by atoms with Crippen molar-refractivity contribution in [2.24, 2.45) is 5.10 Å². The number of aromatic nitrogens is 2. The molecule has 0 unspecified atom stereocenters. The standard InChI is InChI=1S/C15H24N4O2S/c1-3-11(2)19-14(21)12(13(20)17-15(19)22)10-16-18-8-6-4-5-7-9-18/h10-11,21H,3-9H2,1-2H3,(H,17,20,22)/b16-10+/t11-/m0/s1. The number of aromatic amines is 1. The number of hydrazone groups is 1. The van der Waals surface area contributed by atoms with E-state index in [2.05, 4.69) is 10.1 Å². The van der Waals surface area contributed by atoms with Crippen LogP contribution in [0.15, 0.2) is 9.90 Å². The van der Waals surface area contributed by atoms with Gasteiger partial charge in [0.2, 0.25) is 5.88 Å². The van der Waals surface area contributed by atoms with Crippen molar-refractivity contribution in [2.45, 2.75) is 52.0 Å². The Labute approximate surface area is 135 Å². The lowest BCUT2D eigenvalue weighted by Gasteiger charge is -2.18. The summed E-state index contributed by atoms with van der Waals surface area (Å²) in [6.45, 7) is 5.73. The van der Waals surface area contributed by atoms with E-state index in [9.17, 15) is 9.90 Å². The molecule has 22 heavy (non-hydrogen) atoms. The molecule has 122 valence electrons. The van der Waals surface area contributed by atoms with E-state index in [1.54, 1.807) is 4.57 Å². The molecule has 6 nitrogen and oxygen atoms in total. The van der Waals surface area contributed by atoms with Crippen molar-refractivity contribution in [1.29, 1.82) is 0 Å². The van der Waals surface area contributed by atoms with Crippen molar-refractivity contribution in [3.8, 4) is 5.88 Å². The highest BCUT2D eigenvalue weighted by molar-refractivity contribution is 7.71. The molecular weight excluding hydrogens is 300 g/mol. The van der Waals surface area contributed by atoms with Gasteiger partial charge in [-0.1, -0.05) is 19.8 Å². The Bertz CT molecular complexity index is 642. The first-order valence-corrected chi connectivity index (χ1v) is 8.32. The number of nitrogens with zero attached hydrogens (tertiary/aromatic N) is 3. The topological polar surface area (TPSA) is 73.6 Å². The van der Waals surface area contributed by atoms with Crippen LogP contribution in [-0.4, -0.2) is 39.0 Å². The smallest absolute Gasteiger partial charge is 0.264 e. The third kappa shape index (κ3) is 3.76. The Hall–Kier alpha value is -1.63. The van der Waals surface area contributed by atoms with Gasteiger partial charge in [0.05, 0.1) is 6.21 Å². The molecule has 1 fully saturated rings. The number of aromatic hydroxyl groups is 1. The highest BCUT2D eigenvalue weighted by Gasteiger charge is 2.15. The molecule has 1 aromatic rings. The van der Waals surface area contributed by atoms with Crippen LogP contribution in [0.1, 0.15) is 57.6 Å². The summed E-state index contributed by atoms with van der Waals surface area (Å²) in [6, 6.07) is 0.00897. The molecule has 0 aromatic carbocycles. The average Bonchev–Trinajstić information content (AvgIpc) is 2.75. The highest BCUT2D eigenvalue weighted by atomic mass is 32.1. The molecule has 0 radical (unpaired) electrons. The first kappa shape index (κ1) is 16.7. The van der Waals surface area contributed by atoms with Crippen LogP contribution in [0, 0.1) is 4.77 Å². The second kappa shape index (κ2) is 7.58. The molecule has 1 aliphatic rings. The van der Waals surface area contributed by atoms with E-state index in [0.29, 0.717) is 0 Å². The van der Waals surface area contributed by atoms with E-state index >= 15 is 0 Å². The minimum absolute atomic E-state index is 0.00897. The molecule has 0 saturated carbocycles. The predicted molar refractivity (Wildman–Crippen MR) is 90.2 cm³/mol. The zero-order valence-electron chi connectivity index (χ0n) is 13.2. The third-order valence-electron chi connectivity index (χ3n) is 4.12. The van der Waals surface area contributed by atoms with Crippen molar-refractivity contribution in [1.82, 2.24) is 14.6 Å². The highest BCUT2D eigenvalue weighted by Crippen LogP contribution is 2.20. The molecule has 1 aromatic heterocycles. The van der Waals surface area contributed by atoms with Gasteiger partial charge in [-0.25, -0.2) is 0 Å². The minimum atomic E-state index is -0.402. The first-order chi connectivity index (χ1) is 10.5. The molecule has 7 heteroatoms. The molecule has 1 aliphatic heterocycles. The zero-order valence-corrected chi connectivity index (χ0v) is 14.0. The van der Waals surface area contributed by atoms with Crippen molar-refractivity contribution >= 4 is 18.4 Å². The van der Waals surface area contributed by atoms with Gasteiger partial charge in [-0.3, -0.25) is 19.4 Å². The summed E-state index contributed by atoms with van der Waals surface area (Å²) in [5.74, 6) is -0.110. The predicted octanol–water partition coefficient (Wildman–Crippen LogP) is 2.79. The van der Waals surface area contributed by atoms with E-state index in [0.717, 1.165) is 32.4 Å². The molecule has 1 saturated heterocycles. The SMILES string of the molecule is CC[C@H](C)n1c(O)c(/C=N/N2CCCCCC2)c(=O)[nH]c1=S. The van der Waals surface area contributed by atoms with Crippen LogP contribution in [0.3, 0.4) is 0 Å². The van der Waals surface area contributed by atoms with Crippen LogP contribution in [0.2, 0.25) is 0 Å². The van der Waals surface area contributed by atoms with Gasteiger partial charge < -0.3 is 5.11 Å². The van der Waals surface area contributed by atoms with Gasteiger partial charge in [-0.15, -0.1) is 0 Å². The minimum Gasteiger partial charge on any atom is -0.494 e. The Morgan fingerprint density at radius 2 is 2.00 bits per heavy atom. The summed E-state index contributed by atoms with van der Waals surface area (Å²) < 4.78 is 1.81. The number of H-pyrrole nitrogens is 1. The molecule has 2 N–H and O–H groups in total. The summed E-state index contributed by atoms with van der Waals surface area (Å²) >= 11 is 5.15. The molecule has 0 spiro atoms. The van der Waals surface area contributed by atoms with Crippen molar-refractivity contribution in [2.75, 3.05) is 13.1 Å². The van der Waals surface area contributed by atoms with E-state index in [1.807, 2.05) is 18.9 Å². The van der Waals surface area contributed by atoms with Gasteiger partial charge in [-0.2, -0.15) is 5.10 Å². The molecule has 0 aliphatic carbocycles. The third-order valence-corrected chi connectivity index (χ3v) is 4.42. The van der Waals surface area contributed by atoms with E-state index in [1.165, 1.54) is 19.1 Å². The Balaban J connectivity index is 2.34. The number of hydrogen-bond acceptors (Lipinski definition) is 5. The fourth-order valence-corrected chi connectivity index (χ4v) is 2.93. The zero-order chi connectivity index (χ0) is 16.1. The van der Waals surface area contributed by atoms with Crippen LogP contribution < -0.4 is 5.56 Å². The lowest BCUT2D eigenvalue weighted by Crippen LogP contribution is -2.22. The maximum atomic E-state index is 12.1. The van der Waals surface area contributed by atoms with Crippen molar-refractivity contribution < 1.29 is 5.11 Å². The van der Waals surface area contributed by atoms with Gasteiger partial charge in [0.25, 0.3) is 5.56 Å². The summed E-state index contributed by atoms with van der Waals surface area (Å²) in [4.78, 5) is 14.7. The van der Waals surface area contributed by atoms with Crippen LogP contribution in [0.25, 0.3) is 0 Å². The number of nitrogens with one attached hydrogen (secondary N) is 1. The summed E-state index contributed by atoms with van der Waals surface area (Å²) in [5.41, 5.74) is -0.237. The molecule has 0 amide bonds. The summed E-state index contributed by atoms with van der Waals surface area (Å²) in [5, 5.41) is 16.7. The molecule has 2 rings (SSSR count). The first-order valence-electron chi connectivity index (χ1n) is 7.91. The van der Waals surface area contributed by atoms with Gasteiger partial charge in [0.15, 0.2) is 4.77 Å². The maximum absolute atomic E-state index is 12.1. The molecular formula is C15H24N4O2S. The van der Waals surface area contributed by atoms with Crippen LogP contribution >= 0.6 is 12.2 Å². The lowest BCUT2D eigenvalue weighted by molar-refractivity contribution is 0.302. The van der Waals surface area contributed by atoms with Gasteiger partial charge in [0.1, 0.15) is 5.56 Å². The summed E-state index contributed by atoms with van der Waals surface area (Å²) in [6.07, 6.45) is 6.91. The lowest BCUT2D eigenvalue weighted by atomic mass is 10.2. The van der Waals surface area contributed by atoms with Gasteiger partial charge in [-0.05, 0) is 38.4 Å². The Morgan fingerprint density at radius 1 is 1.36 bits per heavy atom. The maximum Gasteiger partial charge on any atom is 0.264 e. The monoisotopic (exact) mass is 324 g/mol. The van der Waals surface area contributed by atoms with Gasteiger partial charge >= 0.3 is 0 Å². The second-order valence-corrected chi connectivity index (χ2v) is 6.12. The normalized spacial score (nSPS) is 17.6. The molecule has 2 heterocycles. The largest absolute Gasteiger partial charge is 0.494 e. The quantitative estimate of drug-likeness (QED) is 0.660. The van der Waals surface area contributed by atoms with Crippen LogP contribution in [-0.2, 0) is 0 Å². The Morgan fingerprint density at radius 3 is 2.59 bits per heavy atom. The molecule has 1 atom stereocenters. The van der Waals surface area contributed by atoms with E-state index < -0.39 is 5.56 Å². The summed E-state index contributed by atoms with van der Waals surface area (Å²) in [7, 11) is 0. The number of hydrogen-bond donors (Lipinski definition) is 2. The molecule has 0 bridgehead atoms. The van der Waals surface area contributed by atoms with Crippen molar-refractivity contribution in [3.05, 3.63) is 20.7 Å². The fraction of sp³-hybridized carbons (Fsp3) is 0.667. The van der Waals surface area contributed by atoms with E-state index in [4.69, 9.17) is 12.2 Å². The average molecular weight is 324 g/mol. The number of rotatable bonds is 4. The second-order valence-electron chi connectivity index (χ2n) is 5.74. The van der Waals surface area contributed by atoms with Crippen LogP contribution in [0.4, 0.5) is 0 Å².